The van der Waals surface area contributed by atoms with Gasteiger partial charge in [0.25, 0.3) is 11.5 Å². The SMILES string of the molecule is COCCC(=O)N1CC2CC(C1)c1ccc(NC(=O)c3ccccc3)c(=O)n1C2. The van der Waals surface area contributed by atoms with E-state index in [2.05, 4.69) is 5.32 Å². The van der Waals surface area contributed by atoms with Crippen molar-refractivity contribution < 1.29 is 14.3 Å². The Bertz CT molecular complexity index is 970. The van der Waals surface area contributed by atoms with Crippen LogP contribution in [0.1, 0.15) is 34.8 Å². The lowest BCUT2D eigenvalue weighted by molar-refractivity contribution is -0.134. The average Bonchev–Trinajstić information content (AvgIpc) is 2.74. The minimum atomic E-state index is -0.297. The Kier molecular flexibility index (Phi) is 5.49. The predicted octanol–water partition coefficient (Wildman–Crippen LogP) is 2.08. The van der Waals surface area contributed by atoms with Crippen LogP contribution in [0, 0.1) is 5.92 Å². The number of pyridine rings is 1. The molecule has 7 nitrogen and oxygen atoms in total. The summed E-state index contributed by atoms with van der Waals surface area (Å²) in [6.45, 7) is 2.26. The third-order valence-electron chi connectivity index (χ3n) is 5.76. The maximum Gasteiger partial charge on any atom is 0.274 e. The Hall–Kier alpha value is -2.93. The van der Waals surface area contributed by atoms with Crippen LogP contribution in [0.25, 0.3) is 0 Å². The molecule has 2 aliphatic rings. The second-order valence-electron chi connectivity index (χ2n) is 7.75. The van der Waals surface area contributed by atoms with Crippen LogP contribution < -0.4 is 10.9 Å². The largest absolute Gasteiger partial charge is 0.384 e. The summed E-state index contributed by atoms with van der Waals surface area (Å²) in [7, 11) is 1.59. The number of nitrogens with zero attached hydrogens (tertiary/aromatic N) is 2. The Labute approximate surface area is 169 Å². The first kappa shape index (κ1) is 19.4. The number of anilines is 1. The maximum absolute atomic E-state index is 13.0. The molecule has 2 aliphatic heterocycles. The molecule has 2 aromatic rings. The van der Waals surface area contributed by atoms with E-state index in [1.807, 2.05) is 17.0 Å². The zero-order chi connectivity index (χ0) is 20.4. The van der Waals surface area contributed by atoms with Crippen LogP contribution in [-0.4, -0.2) is 48.1 Å². The maximum atomic E-state index is 13.0. The molecule has 1 aromatic heterocycles. The Balaban J connectivity index is 1.54. The van der Waals surface area contributed by atoms with Gasteiger partial charge in [0.1, 0.15) is 5.69 Å². The molecule has 0 saturated carbocycles. The van der Waals surface area contributed by atoms with Gasteiger partial charge in [-0.25, -0.2) is 0 Å². The van der Waals surface area contributed by atoms with Gasteiger partial charge >= 0.3 is 0 Å². The third kappa shape index (κ3) is 3.96. The van der Waals surface area contributed by atoms with E-state index in [1.165, 1.54) is 0 Å². The highest BCUT2D eigenvalue weighted by atomic mass is 16.5. The first-order valence-electron chi connectivity index (χ1n) is 9.93. The number of ether oxygens (including phenoxy) is 1. The zero-order valence-electron chi connectivity index (χ0n) is 16.5. The first-order valence-corrected chi connectivity index (χ1v) is 9.93. The monoisotopic (exact) mass is 395 g/mol. The molecule has 1 fully saturated rings. The summed E-state index contributed by atoms with van der Waals surface area (Å²) in [5, 5.41) is 2.74. The number of carbonyl (C=O) groups is 2. The molecule has 2 amide bonds. The molecule has 4 rings (SSSR count). The summed E-state index contributed by atoms with van der Waals surface area (Å²) in [6.07, 6.45) is 1.36. The third-order valence-corrected chi connectivity index (χ3v) is 5.76. The molecule has 152 valence electrons. The van der Waals surface area contributed by atoms with Gasteiger partial charge in [0.2, 0.25) is 5.91 Å². The van der Waals surface area contributed by atoms with E-state index in [9.17, 15) is 14.4 Å². The Morgan fingerprint density at radius 3 is 2.66 bits per heavy atom. The van der Waals surface area contributed by atoms with Gasteiger partial charge in [-0.15, -0.1) is 0 Å². The number of aromatic nitrogens is 1. The van der Waals surface area contributed by atoms with E-state index in [-0.39, 0.29) is 34.9 Å². The van der Waals surface area contributed by atoms with Crippen LogP contribution in [0.4, 0.5) is 5.69 Å². The van der Waals surface area contributed by atoms with Crippen molar-refractivity contribution in [3.8, 4) is 0 Å². The second kappa shape index (κ2) is 8.21. The molecule has 29 heavy (non-hydrogen) atoms. The van der Waals surface area contributed by atoms with Gasteiger partial charge in [0, 0.05) is 43.9 Å². The van der Waals surface area contributed by atoms with E-state index in [0.29, 0.717) is 38.2 Å². The lowest BCUT2D eigenvalue weighted by Crippen LogP contribution is -2.49. The van der Waals surface area contributed by atoms with Crippen molar-refractivity contribution in [2.45, 2.75) is 25.3 Å². The fourth-order valence-electron chi connectivity index (χ4n) is 4.38. The van der Waals surface area contributed by atoms with Crippen LogP contribution in [-0.2, 0) is 16.1 Å². The second-order valence-corrected chi connectivity index (χ2v) is 7.75. The van der Waals surface area contributed by atoms with Gasteiger partial charge in [-0.1, -0.05) is 18.2 Å². The van der Waals surface area contributed by atoms with Crippen molar-refractivity contribution in [3.63, 3.8) is 0 Å². The highest BCUT2D eigenvalue weighted by Gasteiger charge is 2.36. The van der Waals surface area contributed by atoms with E-state index in [4.69, 9.17) is 4.74 Å². The van der Waals surface area contributed by atoms with Crippen LogP contribution in [0.5, 0.6) is 0 Å². The molecule has 7 heteroatoms. The highest BCUT2D eigenvalue weighted by Crippen LogP contribution is 2.35. The first-order chi connectivity index (χ1) is 14.1. The highest BCUT2D eigenvalue weighted by molar-refractivity contribution is 6.04. The number of piperidine rings is 1. The van der Waals surface area contributed by atoms with E-state index in [1.54, 1.807) is 42.0 Å². The Morgan fingerprint density at radius 2 is 1.90 bits per heavy atom. The molecule has 3 heterocycles. The fourth-order valence-corrected chi connectivity index (χ4v) is 4.38. The molecular weight excluding hydrogens is 370 g/mol. The molecule has 2 atom stereocenters. The summed E-state index contributed by atoms with van der Waals surface area (Å²) in [5.41, 5.74) is 1.56. The molecule has 0 radical (unpaired) electrons. The standard InChI is InChI=1S/C22H25N3O4/c1-29-10-9-20(26)24-12-15-11-17(14-24)19-8-7-18(22(28)25(19)13-15)23-21(27)16-5-3-2-4-6-16/h2-8,15,17H,9-14H2,1H3,(H,23,27). The van der Waals surface area contributed by atoms with E-state index >= 15 is 0 Å². The molecule has 2 bridgehead atoms. The van der Waals surface area contributed by atoms with Crippen molar-refractivity contribution in [1.82, 2.24) is 9.47 Å². The van der Waals surface area contributed by atoms with Crippen LogP contribution in [0.15, 0.2) is 47.3 Å². The van der Waals surface area contributed by atoms with E-state index in [0.717, 1.165) is 12.1 Å². The number of hydrogen-bond donors (Lipinski definition) is 1. The number of carbonyl (C=O) groups excluding carboxylic acids is 2. The number of rotatable bonds is 5. The van der Waals surface area contributed by atoms with Crippen molar-refractivity contribution in [1.29, 1.82) is 0 Å². The summed E-state index contributed by atoms with van der Waals surface area (Å²) < 4.78 is 6.79. The minimum Gasteiger partial charge on any atom is -0.384 e. The lowest BCUT2D eigenvalue weighted by Gasteiger charge is -2.43. The van der Waals surface area contributed by atoms with Crippen LogP contribution >= 0.6 is 0 Å². The smallest absolute Gasteiger partial charge is 0.274 e. The van der Waals surface area contributed by atoms with Gasteiger partial charge in [-0.05, 0) is 36.6 Å². The average molecular weight is 395 g/mol. The fraction of sp³-hybridized carbons (Fsp3) is 0.409. The number of fused-ring (bicyclic) bond motifs is 4. The van der Waals surface area contributed by atoms with Crippen LogP contribution in [0.2, 0.25) is 0 Å². The quantitative estimate of drug-likeness (QED) is 0.841. The van der Waals surface area contributed by atoms with Gasteiger partial charge in [0.15, 0.2) is 0 Å². The molecule has 1 N–H and O–H groups in total. The normalized spacial score (nSPS) is 20.1. The lowest BCUT2D eigenvalue weighted by atomic mass is 9.83. The van der Waals surface area contributed by atoms with Gasteiger partial charge in [-0.2, -0.15) is 0 Å². The predicted molar refractivity (Wildman–Crippen MR) is 109 cm³/mol. The molecular formula is C22H25N3O4. The molecule has 0 aliphatic carbocycles. The number of methoxy groups -OCH3 is 1. The van der Waals surface area contributed by atoms with Crippen molar-refractivity contribution in [2.75, 3.05) is 32.1 Å². The molecule has 1 aromatic carbocycles. The number of likely N-dealkylation sites (tertiary alicyclic amines) is 1. The summed E-state index contributed by atoms with van der Waals surface area (Å²) in [5.74, 6) is 0.185. The van der Waals surface area contributed by atoms with Crippen molar-refractivity contribution in [2.24, 2.45) is 5.92 Å². The number of amides is 2. The summed E-state index contributed by atoms with van der Waals surface area (Å²) in [6, 6.07) is 12.4. The molecule has 2 unspecified atom stereocenters. The molecule has 0 spiro atoms. The van der Waals surface area contributed by atoms with Crippen molar-refractivity contribution in [3.05, 3.63) is 64.1 Å². The topological polar surface area (TPSA) is 80.6 Å². The number of benzene rings is 1. The number of nitrogens with one attached hydrogen (secondary N) is 1. The molecule has 1 saturated heterocycles. The van der Waals surface area contributed by atoms with Gasteiger partial charge < -0.3 is 19.5 Å². The number of hydrogen-bond acceptors (Lipinski definition) is 4. The Morgan fingerprint density at radius 1 is 1.10 bits per heavy atom. The summed E-state index contributed by atoms with van der Waals surface area (Å²) in [4.78, 5) is 39.7. The van der Waals surface area contributed by atoms with Crippen molar-refractivity contribution >= 4 is 17.5 Å². The zero-order valence-corrected chi connectivity index (χ0v) is 16.5. The van der Waals surface area contributed by atoms with Gasteiger partial charge in [0.05, 0.1) is 13.0 Å². The summed E-state index contributed by atoms with van der Waals surface area (Å²) >= 11 is 0. The van der Waals surface area contributed by atoms with Gasteiger partial charge in [-0.3, -0.25) is 14.4 Å². The minimum absolute atomic E-state index is 0.101. The van der Waals surface area contributed by atoms with Crippen LogP contribution in [0.3, 0.4) is 0 Å². The van der Waals surface area contributed by atoms with E-state index < -0.39 is 0 Å².